The van der Waals surface area contributed by atoms with Crippen molar-refractivity contribution in [3.05, 3.63) is 12.0 Å². The van der Waals surface area contributed by atoms with E-state index in [2.05, 4.69) is 15.0 Å². The van der Waals surface area contributed by atoms with Crippen LogP contribution in [0.4, 0.5) is 0 Å². The average molecular weight is 307 g/mol. The average Bonchev–Trinajstić information content (AvgIpc) is 2.90. The first kappa shape index (κ1) is 14.8. The topological polar surface area (TPSA) is 76.0 Å². The molecule has 3 heterocycles. The number of hydrogen-bond acceptors (Lipinski definition) is 4. The van der Waals surface area contributed by atoms with E-state index < -0.39 is 10.0 Å². The van der Waals surface area contributed by atoms with E-state index in [-0.39, 0.29) is 18.4 Å². The van der Waals surface area contributed by atoms with Crippen LogP contribution in [-0.4, -0.2) is 37.1 Å². The first-order valence-electron chi connectivity index (χ1n) is 6.44. The molecule has 0 aromatic carbocycles. The Morgan fingerprint density at radius 1 is 1.42 bits per heavy atom. The normalized spacial score (nSPS) is 22.8. The first-order chi connectivity index (χ1) is 8.67. The number of halogens is 1. The molecule has 1 aromatic rings. The van der Waals surface area contributed by atoms with Crippen LogP contribution in [0.5, 0.6) is 0 Å². The second-order valence-corrected chi connectivity index (χ2v) is 6.59. The number of aryl methyl sites for hydroxylation is 1. The minimum Gasteiger partial charge on any atom is -0.318 e. The summed E-state index contributed by atoms with van der Waals surface area (Å²) in [6, 6.07) is -0.00342. The summed E-state index contributed by atoms with van der Waals surface area (Å²) in [4.78, 5) is 4.18. The van der Waals surface area contributed by atoms with Crippen molar-refractivity contribution in [2.45, 2.75) is 43.3 Å². The molecule has 0 unspecified atom stereocenters. The number of rotatable bonds is 3. The van der Waals surface area contributed by atoms with Gasteiger partial charge in [-0.2, -0.15) is 0 Å². The Morgan fingerprint density at radius 3 is 3.00 bits per heavy atom. The van der Waals surface area contributed by atoms with E-state index in [1.165, 1.54) is 6.20 Å². The minimum absolute atomic E-state index is 0. The molecule has 0 saturated carbocycles. The van der Waals surface area contributed by atoms with Gasteiger partial charge in [-0.3, -0.25) is 0 Å². The summed E-state index contributed by atoms with van der Waals surface area (Å²) >= 11 is 0. The Morgan fingerprint density at radius 2 is 2.26 bits per heavy atom. The molecule has 0 bridgehead atoms. The van der Waals surface area contributed by atoms with Gasteiger partial charge in [0.05, 0.1) is 6.20 Å². The van der Waals surface area contributed by atoms with Crippen molar-refractivity contribution in [1.82, 2.24) is 19.6 Å². The highest BCUT2D eigenvalue weighted by molar-refractivity contribution is 7.89. The molecular weight excluding hydrogens is 288 g/mol. The highest BCUT2D eigenvalue weighted by Gasteiger charge is 2.27. The third kappa shape index (κ3) is 2.94. The SMILES string of the molecule is Cl.O=S(=O)(N[C@@H]1CCCNC1)c1cnc2n1CCC2. The van der Waals surface area contributed by atoms with Gasteiger partial charge in [0.2, 0.25) is 0 Å². The number of nitrogens with one attached hydrogen (secondary N) is 2. The summed E-state index contributed by atoms with van der Waals surface area (Å²) < 4.78 is 29.2. The van der Waals surface area contributed by atoms with Crippen LogP contribution in [0.15, 0.2) is 11.2 Å². The van der Waals surface area contributed by atoms with E-state index >= 15 is 0 Å². The highest BCUT2D eigenvalue weighted by atomic mass is 35.5. The van der Waals surface area contributed by atoms with E-state index in [0.29, 0.717) is 11.6 Å². The Kier molecular flexibility index (Phi) is 4.50. The molecule has 3 rings (SSSR count). The summed E-state index contributed by atoms with van der Waals surface area (Å²) in [5.74, 6) is 0.886. The number of imidazole rings is 1. The maximum atomic E-state index is 12.3. The summed E-state index contributed by atoms with van der Waals surface area (Å²) in [5.41, 5.74) is 0. The van der Waals surface area contributed by atoms with E-state index in [1.54, 1.807) is 0 Å². The number of fused-ring (bicyclic) bond motifs is 1. The van der Waals surface area contributed by atoms with Crippen LogP contribution < -0.4 is 10.0 Å². The molecule has 6 nitrogen and oxygen atoms in total. The zero-order valence-electron chi connectivity index (χ0n) is 10.6. The number of nitrogens with zero attached hydrogens (tertiary/aromatic N) is 2. The fourth-order valence-corrected chi connectivity index (χ4v) is 4.12. The summed E-state index contributed by atoms with van der Waals surface area (Å²) in [7, 11) is -3.43. The van der Waals surface area contributed by atoms with Gasteiger partial charge in [0, 0.05) is 25.6 Å². The molecule has 0 aliphatic carbocycles. The van der Waals surface area contributed by atoms with Crippen LogP contribution in [0, 0.1) is 0 Å². The van der Waals surface area contributed by atoms with Crippen molar-refractivity contribution < 1.29 is 8.42 Å². The molecule has 1 fully saturated rings. The zero-order chi connectivity index (χ0) is 12.6. The van der Waals surface area contributed by atoms with Gasteiger partial charge in [-0.25, -0.2) is 18.1 Å². The van der Waals surface area contributed by atoms with Crippen molar-refractivity contribution in [2.75, 3.05) is 13.1 Å². The van der Waals surface area contributed by atoms with Crippen LogP contribution in [-0.2, 0) is 23.0 Å². The van der Waals surface area contributed by atoms with Gasteiger partial charge in [0.15, 0.2) is 5.03 Å². The molecule has 0 radical (unpaired) electrons. The second-order valence-electron chi connectivity index (χ2n) is 4.93. The zero-order valence-corrected chi connectivity index (χ0v) is 12.3. The Bertz CT molecular complexity index is 537. The third-order valence-corrected chi connectivity index (χ3v) is 5.10. The molecule has 2 aliphatic rings. The number of aromatic nitrogens is 2. The van der Waals surface area contributed by atoms with Gasteiger partial charge in [0.1, 0.15) is 5.82 Å². The molecule has 19 heavy (non-hydrogen) atoms. The molecule has 0 spiro atoms. The quantitative estimate of drug-likeness (QED) is 0.841. The fraction of sp³-hybridized carbons (Fsp3) is 0.727. The number of hydrogen-bond donors (Lipinski definition) is 2. The summed E-state index contributed by atoms with van der Waals surface area (Å²) in [6.07, 6.45) is 5.25. The highest BCUT2D eigenvalue weighted by Crippen LogP contribution is 2.20. The molecule has 2 aliphatic heterocycles. The van der Waals surface area contributed by atoms with Gasteiger partial charge < -0.3 is 9.88 Å². The van der Waals surface area contributed by atoms with E-state index in [4.69, 9.17) is 0 Å². The molecule has 1 atom stereocenters. The van der Waals surface area contributed by atoms with E-state index in [0.717, 1.165) is 44.6 Å². The molecular formula is C11H19ClN4O2S. The lowest BCUT2D eigenvalue weighted by Gasteiger charge is -2.23. The van der Waals surface area contributed by atoms with Crippen LogP contribution in [0.2, 0.25) is 0 Å². The van der Waals surface area contributed by atoms with Crippen molar-refractivity contribution in [2.24, 2.45) is 0 Å². The summed E-state index contributed by atoms with van der Waals surface area (Å²) in [5, 5.41) is 3.53. The maximum absolute atomic E-state index is 12.3. The van der Waals surface area contributed by atoms with Crippen LogP contribution >= 0.6 is 12.4 Å². The Hall–Kier alpha value is -0.630. The monoisotopic (exact) mass is 306 g/mol. The van der Waals surface area contributed by atoms with Gasteiger partial charge in [0.25, 0.3) is 10.0 Å². The molecule has 2 N–H and O–H groups in total. The largest absolute Gasteiger partial charge is 0.318 e. The fourth-order valence-electron chi connectivity index (χ4n) is 2.68. The van der Waals surface area contributed by atoms with Crippen molar-refractivity contribution >= 4 is 22.4 Å². The lowest BCUT2D eigenvalue weighted by molar-refractivity contribution is 0.427. The number of piperidine rings is 1. The Balaban J connectivity index is 0.00000133. The smallest absolute Gasteiger partial charge is 0.258 e. The third-order valence-electron chi connectivity index (χ3n) is 3.58. The molecule has 1 saturated heterocycles. The summed E-state index contributed by atoms with van der Waals surface area (Å²) in [6.45, 7) is 2.44. The van der Waals surface area contributed by atoms with E-state index in [9.17, 15) is 8.42 Å². The predicted molar refractivity (Wildman–Crippen MR) is 74.0 cm³/mol. The minimum atomic E-state index is -3.43. The number of sulfonamides is 1. The standard InChI is InChI=1S/C11H18N4O2S.ClH/c16-18(17,14-9-3-1-5-12-7-9)11-8-13-10-4-2-6-15(10)11;/h8-9,12,14H,1-7H2;1H/t9-;/m1./s1. The van der Waals surface area contributed by atoms with Gasteiger partial charge in [-0.15, -0.1) is 12.4 Å². The van der Waals surface area contributed by atoms with Gasteiger partial charge >= 0.3 is 0 Å². The van der Waals surface area contributed by atoms with Crippen LogP contribution in [0.1, 0.15) is 25.1 Å². The van der Waals surface area contributed by atoms with Gasteiger partial charge in [-0.1, -0.05) is 0 Å². The molecule has 8 heteroatoms. The Labute approximate surface area is 119 Å². The van der Waals surface area contributed by atoms with E-state index in [1.807, 2.05) is 4.57 Å². The lowest BCUT2D eigenvalue weighted by atomic mass is 10.1. The lowest BCUT2D eigenvalue weighted by Crippen LogP contribution is -2.45. The molecule has 1 aromatic heterocycles. The maximum Gasteiger partial charge on any atom is 0.258 e. The van der Waals surface area contributed by atoms with Gasteiger partial charge in [-0.05, 0) is 25.8 Å². The first-order valence-corrected chi connectivity index (χ1v) is 7.92. The predicted octanol–water partition coefficient (Wildman–Crippen LogP) is 0.281. The van der Waals surface area contributed by atoms with Crippen molar-refractivity contribution in [3.8, 4) is 0 Å². The van der Waals surface area contributed by atoms with Crippen molar-refractivity contribution in [3.63, 3.8) is 0 Å². The van der Waals surface area contributed by atoms with Crippen LogP contribution in [0.3, 0.4) is 0 Å². The second kappa shape index (κ2) is 5.78. The van der Waals surface area contributed by atoms with Crippen LogP contribution in [0.25, 0.3) is 0 Å². The van der Waals surface area contributed by atoms with Crippen molar-refractivity contribution in [1.29, 1.82) is 0 Å². The molecule has 0 amide bonds. The molecule has 108 valence electrons.